The van der Waals surface area contributed by atoms with Crippen LogP contribution in [0.15, 0.2) is 17.6 Å². The van der Waals surface area contributed by atoms with Gasteiger partial charge in [-0.1, -0.05) is 11.6 Å². The lowest BCUT2D eigenvalue weighted by atomic mass is 9.95. The summed E-state index contributed by atoms with van der Waals surface area (Å²) >= 11 is 13.0. The quantitative estimate of drug-likeness (QED) is 0.578. The van der Waals surface area contributed by atoms with Gasteiger partial charge in [0.05, 0.1) is 22.8 Å². The minimum Gasteiger partial charge on any atom is -0.334 e. The fraction of sp³-hybridized carbons (Fsp3) is 0.375. The van der Waals surface area contributed by atoms with E-state index < -0.39 is 11.6 Å². The minimum atomic E-state index is -0.835. The third-order valence-electron chi connectivity index (χ3n) is 4.20. The molecule has 0 bridgehead atoms. The van der Waals surface area contributed by atoms with Gasteiger partial charge >= 0.3 is 0 Å². The molecule has 1 aliphatic carbocycles. The molecule has 0 saturated heterocycles. The topological polar surface area (TPSA) is 33.2 Å². The number of hydrogen-bond acceptors (Lipinski definition) is 3. The molecule has 3 rings (SSSR count). The van der Waals surface area contributed by atoms with Crippen molar-refractivity contribution in [3.05, 3.63) is 50.4 Å². The van der Waals surface area contributed by atoms with Crippen LogP contribution < -0.4 is 0 Å². The lowest BCUT2D eigenvalue weighted by Crippen LogP contribution is -2.43. The van der Waals surface area contributed by atoms with Crippen LogP contribution in [0.2, 0.25) is 5.02 Å². The zero-order valence-electron chi connectivity index (χ0n) is 12.6. The maximum absolute atomic E-state index is 14.2. The number of rotatable bonds is 4. The molecular weight excluding hydrogens is 377 g/mol. The van der Waals surface area contributed by atoms with E-state index in [-0.39, 0.29) is 35.0 Å². The van der Waals surface area contributed by atoms with Gasteiger partial charge in [0.15, 0.2) is 0 Å². The zero-order valence-corrected chi connectivity index (χ0v) is 14.9. The summed E-state index contributed by atoms with van der Waals surface area (Å²) < 4.78 is 28.2. The number of amides is 1. The van der Waals surface area contributed by atoms with E-state index in [9.17, 15) is 13.6 Å². The number of aryl methyl sites for hydroxylation is 1. The summed E-state index contributed by atoms with van der Waals surface area (Å²) in [6.07, 6.45) is 2.03. The molecule has 1 unspecified atom stereocenters. The Morgan fingerprint density at radius 1 is 1.42 bits per heavy atom. The Kier molecular flexibility index (Phi) is 5.37. The van der Waals surface area contributed by atoms with Crippen molar-refractivity contribution in [3.63, 3.8) is 0 Å². The fourth-order valence-corrected chi connectivity index (χ4v) is 4.15. The van der Waals surface area contributed by atoms with Crippen molar-refractivity contribution >= 4 is 40.4 Å². The monoisotopic (exact) mass is 390 g/mol. The molecule has 1 atom stereocenters. The van der Waals surface area contributed by atoms with Crippen LogP contribution in [0.5, 0.6) is 0 Å². The smallest absolute Gasteiger partial charge is 0.238 e. The summed E-state index contributed by atoms with van der Waals surface area (Å²) in [5.74, 6) is -2.15. The number of carbonyl (C=O) groups is 1. The molecule has 1 amide bonds. The van der Waals surface area contributed by atoms with Gasteiger partial charge in [0.25, 0.3) is 0 Å². The third kappa shape index (κ3) is 3.41. The summed E-state index contributed by atoms with van der Waals surface area (Å²) in [5, 5.41) is -0.168. The number of alkyl halides is 1. The normalized spacial score (nSPS) is 16.8. The van der Waals surface area contributed by atoms with E-state index in [0.29, 0.717) is 12.8 Å². The lowest BCUT2D eigenvalue weighted by molar-refractivity contribution is -0.131. The average Bonchev–Trinajstić information content (AvgIpc) is 3.05. The van der Waals surface area contributed by atoms with Gasteiger partial charge in [0, 0.05) is 22.9 Å². The van der Waals surface area contributed by atoms with Gasteiger partial charge in [0.1, 0.15) is 17.5 Å². The second-order valence-electron chi connectivity index (χ2n) is 5.60. The molecule has 0 spiro atoms. The molecule has 8 heteroatoms. The molecule has 0 aliphatic heterocycles. The zero-order chi connectivity index (χ0) is 17.3. The number of benzene rings is 1. The van der Waals surface area contributed by atoms with Gasteiger partial charge in [-0.3, -0.25) is 4.79 Å². The Hall–Kier alpha value is -1.24. The average molecular weight is 391 g/mol. The van der Waals surface area contributed by atoms with Gasteiger partial charge in [-0.2, -0.15) is 0 Å². The van der Waals surface area contributed by atoms with Crippen LogP contribution in [-0.2, 0) is 24.2 Å². The molecule has 2 aromatic rings. The number of halogens is 4. The summed E-state index contributed by atoms with van der Waals surface area (Å²) in [6, 6.07) is 2.10. The van der Waals surface area contributed by atoms with Gasteiger partial charge in [-0.25, -0.2) is 13.8 Å². The highest BCUT2D eigenvalue weighted by molar-refractivity contribution is 7.09. The molecule has 0 fully saturated rings. The maximum Gasteiger partial charge on any atom is 0.238 e. The number of aromatic nitrogens is 1. The Morgan fingerprint density at radius 2 is 2.21 bits per heavy atom. The number of nitrogens with zero attached hydrogens (tertiary/aromatic N) is 2. The number of carbonyl (C=O) groups excluding carboxylic acids is 1. The Labute approximate surface area is 152 Å². The first kappa shape index (κ1) is 17.6. The van der Waals surface area contributed by atoms with Crippen LogP contribution in [-0.4, -0.2) is 27.7 Å². The van der Waals surface area contributed by atoms with Crippen LogP contribution in [0.1, 0.15) is 22.6 Å². The van der Waals surface area contributed by atoms with E-state index in [1.165, 1.54) is 16.2 Å². The summed E-state index contributed by atoms with van der Waals surface area (Å²) in [7, 11) is 0. The van der Waals surface area contributed by atoms with Crippen molar-refractivity contribution in [2.75, 3.05) is 5.88 Å². The van der Waals surface area contributed by atoms with E-state index >= 15 is 0 Å². The number of fused-ring (bicyclic) bond motifs is 1. The van der Waals surface area contributed by atoms with Crippen molar-refractivity contribution in [3.8, 4) is 0 Å². The molecule has 1 aliphatic rings. The molecule has 1 aromatic carbocycles. The van der Waals surface area contributed by atoms with Crippen LogP contribution in [0, 0.1) is 11.6 Å². The van der Waals surface area contributed by atoms with Crippen molar-refractivity contribution in [2.45, 2.75) is 31.8 Å². The van der Waals surface area contributed by atoms with Crippen molar-refractivity contribution in [2.24, 2.45) is 0 Å². The highest BCUT2D eigenvalue weighted by Crippen LogP contribution is 2.29. The first-order valence-corrected chi connectivity index (χ1v) is 9.19. The van der Waals surface area contributed by atoms with E-state index in [2.05, 4.69) is 4.98 Å². The molecule has 24 heavy (non-hydrogen) atoms. The number of hydrogen-bond donors (Lipinski definition) is 0. The first-order valence-electron chi connectivity index (χ1n) is 7.40. The molecule has 1 heterocycles. The SMILES string of the molecule is O=C(CCl)N(Cc1c(F)ccc(Cl)c1F)C1CCc2ncsc2C1. The maximum atomic E-state index is 14.2. The Balaban J connectivity index is 1.89. The van der Waals surface area contributed by atoms with Crippen molar-refractivity contribution in [1.29, 1.82) is 0 Å². The molecule has 1 aromatic heterocycles. The summed E-state index contributed by atoms with van der Waals surface area (Å²) in [5.41, 5.74) is 2.60. The van der Waals surface area contributed by atoms with E-state index in [4.69, 9.17) is 23.2 Å². The summed E-state index contributed by atoms with van der Waals surface area (Å²) in [6.45, 7) is -0.192. The number of thiazole rings is 1. The third-order valence-corrected chi connectivity index (χ3v) is 5.62. The fourth-order valence-electron chi connectivity index (χ4n) is 2.93. The standard InChI is InChI=1S/C16H14Cl2F2N2OS/c17-6-15(23)22(7-10-12(19)3-2-11(18)16(10)20)9-1-4-13-14(5-9)24-8-21-13/h2-3,8-9H,1,4-7H2. The second-order valence-corrected chi connectivity index (χ2v) is 7.21. The van der Waals surface area contributed by atoms with Gasteiger partial charge in [-0.15, -0.1) is 22.9 Å². The Bertz CT molecular complexity index is 769. The molecule has 3 nitrogen and oxygen atoms in total. The van der Waals surface area contributed by atoms with E-state index in [1.807, 2.05) is 0 Å². The highest BCUT2D eigenvalue weighted by atomic mass is 35.5. The largest absolute Gasteiger partial charge is 0.334 e. The van der Waals surface area contributed by atoms with Crippen LogP contribution in [0.4, 0.5) is 8.78 Å². The van der Waals surface area contributed by atoms with Crippen molar-refractivity contribution < 1.29 is 13.6 Å². The predicted molar refractivity (Wildman–Crippen MR) is 90.6 cm³/mol. The minimum absolute atomic E-state index is 0.165. The Morgan fingerprint density at radius 3 is 2.96 bits per heavy atom. The van der Waals surface area contributed by atoms with Gasteiger partial charge in [0.2, 0.25) is 5.91 Å². The van der Waals surface area contributed by atoms with E-state index in [0.717, 1.165) is 29.1 Å². The molecular formula is C16H14Cl2F2N2OS. The van der Waals surface area contributed by atoms with Crippen LogP contribution in [0.25, 0.3) is 0 Å². The summed E-state index contributed by atoms with van der Waals surface area (Å²) in [4.78, 5) is 19.1. The van der Waals surface area contributed by atoms with Crippen LogP contribution in [0.3, 0.4) is 0 Å². The molecule has 0 saturated carbocycles. The lowest BCUT2D eigenvalue weighted by Gasteiger charge is -2.34. The van der Waals surface area contributed by atoms with Gasteiger partial charge in [-0.05, 0) is 25.0 Å². The van der Waals surface area contributed by atoms with Gasteiger partial charge < -0.3 is 4.90 Å². The first-order chi connectivity index (χ1) is 11.5. The van der Waals surface area contributed by atoms with Crippen LogP contribution >= 0.6 is 34.5 Å². The second kappa shape index (κ2) is 7.33. The van der Waals surface area contributed by atoms with E-state index in [1.54, 1.807) is 5.51 Å². The molecule has 128 valence electrons. The van der Waals surface area contributed by atoms with Crippen molar-refractivity contribution in [1.82, 2.24) is 9.88 Å². The predicted octanol–water partition coefficient (Wildman–Crippen LogP) is 4.20. The highest BCUT2D eigenvalue weighted by Gasteiger charge is 2.30. The molecule has 0 N–H and O–H groups in total. The molecule has 0 radical (unpaired) electrons.